The summed E-state index contributed by atoms with van der Waals surface area (Å²) < 4.78 is 5.19. The zero-order valence-corrected chi connectivity index (χ0v) is 15.9. The van der Waals surface area contributed by atoms with E-state index >= 15 is 0 Å². The van der Waals surface area contributed by atoms with Gasteiger partial charge in [0.2, 0.25) is 0 Å². The van der Waals surface area contributed by atoms with E-state index in [9.17, 15) is 14.7 Å². The van der Waals surface area contributed by atoms with Gasteiger partial charge in [0.1, 0.15) is 5.78 Å². The van der Waals surface area contributed by atoms with E-state index < -0.39 is 17.5 Å². The third-order valence-corrected chi connectivity index (χ3v) is 5.15. The lowest BCUT2D eigenvalue weighted by atomic mass is 9.75. The molecule has 0 fully saturated rings. The van der Waals surface area contributed by atoms with Gasteiger partial charge in [0.15, 0.2) is 0 Å². The smallest absolute Gasteiger partial charge is 0.308 e. The second-order valence-corrected chi connectivity index (χ2v) is 8.01. The number of ketones is 1. The number of allylic oxidation sites excluding steroid dienone is 1. The summed E-state index contributed by atoms with van der Waals surface area (Å²) >= 11 is 0. The monoisotopic (exact) mass is 338 g/mol. The first-order valence-corrected chi connectivity index (χ1v) is 9.18. The minimum Gasteiger partial charge on any atom is -0.465 e. The van der Waals surface area contributed by atoms with Crippen molar-refractivity contribution in [2.45, 2.75) is 79.2 Å². The predicted octanol–water partition coefficient (Wildman–Crippen LogP) is 4.06. The van der Waals surface area contributed by atoms with Gasteiger partial charge < -0.3 is 9.84 Å². The Bertz CT molecular complexity index is 464. The van der Waals surface area contributed by atoms with Gasteiger partial charge in [-0.05, 0) is 32.1 Å². The third kappa shape index (κ3) is 6.39. The molecule has 3 unspecified atom stereocenters. The molecule has 0 aromatic rings. The molecule has 0 radical (unpaired) electrons. The van der Waals surface area contributed by atoms with Crippen LogP contribution in [0.25, 0.3) is 0 Å². The Morgan fingerprint density at radius 1 is 1.17 bits per heavy atom. The van der Waals surface area contributed by atoms with E-state index in [4.69, 9.17) is 4.74 Å². The maximum absolute atomic E-state index is 12.7. The molecule has 0 saturated carbocycles. The van der Waals surface area contributed by atoms with Gasteiger partial charge in [-0.1, -0.05) is 52.2 Å². The highest BCUT2D eigenvalue weighted by Gasteiger charge is 2.39. The number of rotatable bonds is 0. The summed E-state index contributed by atoms with van der Waals surface area (Å²) in [5.41, 5.74) is 0.383. The third-order valence-electron chi connectivity index (χ3n) is 5.15. The fraction of sp³-hybridized carbons (Fsp3) is 0.800. The standard InChI is InChI=1S/C20H34O4/c1-14-8-6-10-16(3)19(23)20(4,5)17(21)13-18(22)24-11-7-9-15(2)12-14/h9,14,16-17,21H,6-8,10-13H2,1-5H3/b15-9-. The molecule has 0 aromatic heterocycles. The van der Waals surface area contributed by atoms with Crippen LogP contribution in [0.1, 0.15) is 73.1 Å². The highest BCUT2D eigenvalue weighted by molar-refractivity contribution is 5.87. The second-order valence-electron chi connectivity index (χ2n) is 8.01. The fourth-order valence-corrected chi connectivity index (χ4v) is 3.39. The highest BCUT2D eigenvalue weighted by Crippen LogP contribution is 2.30. The normalized spacial score (nSPS) is 33.4. The number of cyclic esters (lactones) is 1. The fourth-order valence-electron chi connectivity index (χ4n) is 3.39. The molecule has 4 nitrogen and oxygen atoms in total. The van der Waals surface area contributed by atoms with Gasteiger partial charge in [0.25, 0.3) is 0 Å². The Hall–Kier alpha value is -1.16. The van der Waals surface area contributed by atoms with Crippen LogP contribution in [0.4, 0.5) is 0 Å². The van der Waals surface area contributed by atoms with Crippen molar-refractivity contribution in [1.82, 2.24) is 0 Å². The largest absolute Gasteiger partial charge is 0.465 e. The predicted molar refractivity (Wildman–Crippen MR) is 95.5 cm³/mol. The molecule has 3 atom stereocenters. The van der Waals surface area contributed by atoms with Crippen LogP contribution in [0.2, 0.25) is 0 Å². The summed E-state index contributed by atoms with van der Waals surface area (Å²) in [6.45, 7) is 10.0. The Morgan fingerprint density at radius 3 is 2.50 bits per heavy atom. The van der Waals surface area contributed by atoms with E-state index in [1.54, 1.807) is 13.8 Å². The molecule has 0 bridgehead atoms. The van der Waals surface area contributed by atoms with E-state index in [0.29, 0.717) is 18.9 Å². The summed E-state index contributed by atoms with van der Waals surface area (Å²) in [5, 5.41) is 10.4. The van der Waals surface area contributed by atoms with Crippen LogP contribution < -0.4 is 0 Å². The van der Waals surface area contributed by atoms with Gasteiger partial charge >= 0.3 is 5.97 Å². The number of Topliss-reactive ketones (excluding diaryl/α,β-unsaturated/α-hetero) is 1. The Labute approximate surface area is 146 Å². The van der Waals surface area contributed by atoms with Gasteiger partial charge in [-0.25, -0.2) is 0 Å². The average molecular weight is 338 g/mol. The Morgan fingerprint density at radius 2 is 1.83 bits per heavy atom. The van der Waals surface area contributed by atoms with Gasteiger partial charge in [-0.3, -0.25) is 9.59 Å². The van der Waals surface area contributed by atoms with Crippen LogP contribution in [0.3, 0.4) is 0 Å². The topological polar surface area (TPSA) is 63.6 Å². The number of carbonyl (C=O) groups is 2. The van der Waals surface area contributed by atoms with E-state index in [2.05, 4.69) is 19.9 Å². The van der Waals surface area contributed by atoms with Crippen molar-refractivity contribution in [2.24, 2.45) is 17.3 Å². The van der Waals surface area contributed by atoms with E-state index in [-0.39, 0.29) is 18.1 Å². The molecule has 1 aliphatic heterocycles. The van der Waals surface area contributed by atoms with Crippen molar-refractivity contribution in [3.8, 4) is 0 Å². The van der Waals surface area contributed by atoms with E-state index in [0.717, 1.165) is 25.7 Å². The maximum Gasteiger partial charge on any atom is 0.308 e. The summed E-state index contributed by atoms with van der Waals surface area (Å²) in [6.07, 6.45) is 5.65. The van der Waals surface area contributed by atoms with Crippen molar-refractivity contribution in [3.05, 3.63) is 11.6 Å². The quantitative estimate of drug-likeness (QED) is 0.534. The van der Waals surface area contributed by atoms with Crippen molar-refractivity contribution in [2.75, 3.05) is 6.61 Å². The molecule has 0 spiro atoms. The Kier molecular flexibility index (Phi) is 8.14. The number of ether oxygens (including phenoxy) is 1. The van der Waals surface area contributed by atoms with Crippen LogP contribution in [-0.2, 0) is 14.3 Å². The molecule has 1 rings (SSSR count). The molecule has 0 aliphatic carbocycles. The molecule has 24 heavy (non-hydrogen) atoms. The molecule has 0 saturated heterocycles. The first kappa shape index (κ1) is 20.9. The summed E-state index contributed by atoms with van der Waals surface area (Å²) in [6, 6.07) is 0. The first-order chi connectivity index (χ1) is 11.1. The van der Waals surface area contributed by atoms with Gasteiger partial charge in [0, 0.05) is 5.92 Å². The lowest BCUT2D eigenvalue weighted by Crippen LogP contribution is -2.41. The van der Waals surface area contributed by atoms with Crippen LogP contribution >= 0.6 is 0 Å². The average Bonchev–Trinajstić information content (AvgIpc) is 2.49. The number of hydrogen-bond donors (Lipinski definition) is 1. The number of aliphatic hydroxyl groups is 1. The summed E-state index contributed by atoms with van der Waals surface area (Å²) in [5.74, 6) is 0.0567. The number of aliphatic hydroxyl groups excluding tert-OH is 1. The molecule has 1 aliphatic rings. The van der Waals surface area contributed by atoms with Crippen LogP contribution in [0.5, 0.6) is 0 Å². The zero-order valence-electron chi connectivity index (χ0n) is 15.9. The zero-order chi connectivity index (χ0) is 18.3. The molecular formula is C20H34O4. The van der Waals surface area contributed by atoms with Crippen molar-refractivity contribution < 1.29 is 19.4 Å². The van der Waals surface area contributed by atoms with Crippen molar-refractivity contribution in [3.63, 3.8) is 0 Å². The number of hydrogen-bond acceptors (Lipinski definition) is 4. The number of esters is 1. The van der Waals surface area contributed by atoms with Crippen molar-refractivity contribution >= 4 is 11.8 Å². The lowest BCUT2D eigenvalue weighted by Gasteiger charge is -2.31. The van der Waals surface area contributed by atoms with E-state index in [1.165, 1.54) is 5.57 Å². The van der Waals surface area contributed by atoms with Crippen molar-refractivity contribution in [1.29, 1.82) is 0 Å². The number of carbonyl (C=O) groups excluding carboxylic acids is 2. The van der Waals surface area contributed by atoms with Crippen LogP contribution in [0, 0.1) is 17.3 Å². The van der Waals surface area contributed by atoms with E-state index in [1.807, 2.05) is 6.92 Å². The molecule has 138 valence electrons. The van der Waals surface area contributed by atoms with Gasteiger partial charge in [-0.15, -0.1) is 0 Å². The lowest BCUT2D eigenvalue weighted by molar-refractivity contribution is -0.150. The second kappa shape index (κ2) is 9.36. The Balaban J connectivity index is 2.84. The maximum atomic E-state index is 12.7. The molecular weight excluding hydrogens is 304 g/mol. The molecule has 0 aromatic carbocycles. The summed E-state index contributed by atoms with van der Waals surface area (Å²) in [4.78, 5) is 24.6. The SMILES string of the molecule is C/C1=C/CCOC(=O)CC(O)C(C)(C)C(=O)C(C)CCCC(C)C1. The minimum absolute atomic E-state index is 0.0265. The molecule has 1 N–H and O–H groups in total. The van der Waals surface area contributed by atoms with Gasteiger partial charge in [-0.2, -0.15) is 0 Å². The molecule has 0 amide bonds. The first-order valence-electron chi connectivity index (χ1n) is 9.18. The minimum atomic E-state index is -1.01. The molecule has 1 heterocycles. The van der Waals surface area contributed by atoms with Crippen LogP contribution in [-0.4, -0.2) is 29.6 Å². The highest BCUT2D eigenvalue weighted by atomic mass is 16.5. The van der Waals surface area contributed by atoms with Crippen LogP contribution in [0.15, 0.2) is 11.6 Å². The van der Waals surface area contributed by atoms with Gasteiger partial charge in [0.05, 0.1) is 24.5 Å². The summed E-state index contributed by atoms with van der Waals surface area (Å²) in [7, 11) is 0. The molecule has 4 heteroatoms.